The summed E-state index contributed by atoms with van der Waals surface area (Å²) in [7, 11) is -4.16. The van der Waals surface area contributed by atoms with E-state index in [1.165, 1.54) is 64.2 Å². The summed E-state index contributed by atoms with van der Waals surface area (Å²) in [6, 6.07) is 0. The zero-order valence-corrected chi connectivity index (χ0v) is 19.3. The topological polar surface area (TPSA) is 89.5 Å². The molecule has 0 bridgehead atoms. The SMILES string of the molecule is CCCCCCCCCCCCCCC(O)CNCCS(=O)(=O)[O-].[Na+]. The smallest absolute Gasteiger partial charge is 0.748 e. The summed E-state index contributed by atoms with van der Waals surface area (Å²) in [4.78, 5) is 0. The van der Waals surface area contributed by atoms with E-state index in [0.29, 0.717) is 6.54 Å². The Hall–Kier alpha value is 0.830. The van der Waals surface area contributed by atoms with Crippen molar-refractivity contribution in [3.63, 3.8) is 0 Å². The van der Waals surface area contributed by atoms with Crippen molar-refractivity contribution in [2.75, 3.05) is 18.8 Å². The molecule has 2 N–H and O–H groups in total. The number of hydrogen-bond acceptors (Lipinski definition) is 5. The molecule has 0 aliphatic heterocycles. The number of unbranched alkanes of at least 4 members (excludes halogenated alkanes) is 11. The van der Waals surface area contributed by atoms with E-state index in [9.17, 15) is 18.1 Å². The molecule has 25 heavy (non-hydrogen) atoms. The van der Waals surface area contributed by atoms with Crippen LogP contribution in [0.2, 0.25) is 0 Å². The van der Waals surface area contributed by atoms with E-state index in [-0.39, 0.29) is 36.1 Å². The zero-order valence-electron chi connectivity index (χ0n) is 16.5. The Morgan fingerprint density at radius 3 is 1.76 bits per heavy atom. The average Bonchev–Trinajstić information content (AvgIpc) is 2.52. The largest absolute Gasteiger partial charge is 1.00 e. The number of rotatable bonds is 18. The summed E-state index contributed by atoms with van der Waals surface area (Å²) in [6.45, 7) is 2.71. The monoisotopic (exact) mass is 387 g/mol. The van der Waals surface area contributed by atoms with Gasteiger partial charge in [0.05, 0.1) is 22.0 Å². The van der Waals surface area contributed by atoms with E-state index in [4.69, 9.17) is 0 Å². The molecule has 0 aromatic rings. The molecule has 0 saturated carbocycles. The molecule has 7 heteroatoms. The Labute approximate surface area is 177 Å². The van der Waals surface area contributed by atoms with E-state index in [2.05, 4.69) is 12.2 Å². The van der Waals surface area contributed by atoms with Gasteiger partial charge in [-0.1, -0.05) is 84.0 Å². The fraction of sp³-hybridized carbons (Fsp3) is 1.00. The Kier molecular flexibility index (Phi) is 22.0. The zero-order chi connectivity index (χ0) is 18.1. The molecule has 146 valence electrons. The van der Waals surface area contributed by atoms with E-state index in [1.807, 2.05) is 0 Å². The molecule has 0 saturated heterocycles. The maximum absolute atomic E-state index is 10.4. The van der Waals surface area contributed by atoms with Crippen LogP contribution in [0.5, 0.6) is 0 Å². The van der Waals surface area contributed by atoms with Gasteiger partial charge in [0, 0.05) is 13.1 Å². The molecule has 0 amide bonds. The van der Waals surface area contributed by atoms with Gasteiger partial charge in [-0.3, -0.25) is 0 Å². The second-order valence-electron chi connectivity index (χ2n) is 6.80. The second-order valence-corrected chi connectivity index (χ2v) is 8.32. The fourth-order valence-corrected chi connectivity index (χ4v) is 3.18. The predicted molar refractivity (Wildman–Crippen MR) is 99.1 cm³/mol. The van der Waals surface area contributed by atoms with Crippen molar-refractivity contribution in [1.29, 1.82) is 0 Å². The third kappa shape index (κ3) is 24.8. The van der Waals surface area contributed by atoms with E-state index in [0.717, 1.165) is 19.3 Å². The summed E-state index contributed by atoms with van der Waals surface area (Å²) in [6.07, 6.45) is 15.8. The maximum atomic E-state index is 10.4. The minimum absolute atomic E-state index is 0. The van der Waals surface area contributed by atoms with Gasteiger partial charge in [0.2, 0.25) is 0 Å². The van der Waals surface area contributed by atoms with Gasteiger partial charge in [0.15, 0.2) is 0 Å². The van der Waals surface area contributed by atoms with Crippen LogP contribution in [0.4, 0.5) is 0 Å². The van der Waals surface area contributed by atoms with Gasteiger partial charge < -0.3 is 15.0 Å². The molecular formula is C18H38NNaO4S. The molecule has 0 fully saturated rings. The van der Waals surface area contributed by atoms with Crippen molar-refractivity contribution in [1.82, 2.24) is 5.32 Å². The Morgan fingerprint density at radius 2 is 1.32 bits per heavy atom. The number of aliphatic hydroxyl groups excluding tert-OH is 1. The molecule has 0 radical (unpaired) electrons. The summed E-state index contributed by atoms with van der Waals surface area (Å²) < 4.78 is 31.2. The van der Waals surface area contributed by atoms with Crippen LogP contribution in [-0.2, 0) is 10.1 Å². The maximum Gasteiger partial charge on any atom is 1.00 e. The molecule has 0 aromatic heterocycles. The van der Waals surface area contributed by atoms with Gasteiger partial charge >= 0.3 is 29.6 Å². The van der Waals surface area contributed by atoms with Crippen molar-refractivity contribution in [2.24, 2.45) is 0 Å². The summed E-state index contributed by atoms with van der Waals surface area (Å²) in [5.41, 5.74) is 0. The first kappa shape index (κ1) is 28.0. The molecule has 1 unspecified atom stereocenters. The first-order valence-corrected chi connectivity index (χ1v) is 11.4. The van der Waals surface area contributed by atoms with Gasteiger partial charge in [0.1, 0.15) is 0 Å². The van der Waals surface area contributed by atoms with Crippen molar-refractivity contribution in [3.05, 3.63) is 0 Å². The van der Waals surface area contributed by atoms with Crippen LogP contribution < -0.4 is 34.9 Å². The van der Waals surface area contributed by atoms with Crippen LogP contribution in [0.15, 0.2) is 0 Å². The van der Waals surface area contributed by atoms with Gasteiger partial charge in [0.25, 0.3) is 0 Å². The average molecular weight is 388 g/mol. The molecule has 0 spiro atoms. The van der Waals surface area contributed by atoms with Crippen LogP contribution in [0.25, 0.3) is 0 Å². The van der Waals surface area contributed by atoms with Gasteiger partial charge in [-0.05, 0) is 6.42 Å². The fourth-order valence-electron chi connectivity index (χ4n) is 2.79. The minimum Gasteiger partial charge on any atom is -0.748 e. The van der Waals surface area contributed by atoms with Gasteiger partial charge in [-0.15, -0.1) is 0 Å². The first-order chi connectivity index (χ1) is 11.5. The van der Waals surface area contributed by atoms with Crippen LogP contribution >= 0.6 is 0 Å². The minimum atomic E-state index is -4.16. The summed E-state index contributed by atoms with van der Waals surface area (Å²) in [5.74, 6) is -0.418. The quantitative estimate of drug-likeness (QED) is 0.204. The molecule has 0 aliphatic carbocycles. The van der Waals surface area contributed by atoms with Gasteiger partial charge in [-0.25, -0.2) is 8.42 Å². The van der Waals surface area contributed by atoms with E-state index >= 15 is 0 Å². The van der Waals surface area contributed by atoms with E-state index < -0.39 is 22.0 Å². The molecular weight excluding hydrogens is 349 g/mol. The van der Waals surface area contributed by atoms with E-state index in [1.54, 1.807) is 0 Å². The number of aliphatic hydroxyl groups is 1. The summed E-state index contributed by atoms with van der Waals surface area (Å²) >= 11 is 0. The Bertz CT molecular complexity index is 366. The Morgan fingerprint density at radius 1 is 0.880 bits per heavy atom. The van der Waals surface area contributed by atoms with Crippen molar-refractivity contribution >= 4 is 10.1 Å². The molecule has 0 rings (SSSR count). The normalized spacial score (nSPS) is 12.8. The first-order valence-electron chi connectivity index (χ1n) is 9.78. The second kappa shape index (κ2) is 19.6. The number of nitrogens with one attached hydrogen (secondary N) is 1. The molecule has 0 aliphatic rings. The van der Waals surface area contributed by atoms with Crippen LogP contribution in [-0.4, -0.2) is 43.0 Å². The molecule has 0 heterocycles. The predicted octanol–water partition coefficient (Wildman–Crippen LogP) is 0.577. The van der Waals surface area contributed by atoms with Crippen LogP contribution in [0.3, 0.4) is 0 Å². The number of hydrogen-bond donors (Lipinski definition) is 2. The third-order valence-electron chi connectivity index (χ3n) is 4.30. The molecule has 0 aromatic carbocycles. The standard InChI is InChI=1S/C18H39NO4S.Na/c1-2-3-4-5-6-7-8-9-10-11-12-13-14-18(20)17-19-15-16-24(21,22)23;/h18-20H,2-17H2,1H3,(H,21,22,23);/q;+1/p-1. The molecule has 1 atom stereocenters. The third-order valence-corrected chi connectivity index (χ3v) is 5.00. The van der Waals surface area contributed by atoms with Crippen molar-refractivity contribution in [3.8, 4) is 0 Å². The van der Waals surface area contributed by atoms with Crippen molar-refractivity contribution in [2.45, 2.75) is 96.5 Å². The van der Waals surface area contributed by atoms with Crippen molar-refractivity contribution < 1.29 is 47.6 Å². The van der Waals surface area contributed by atoms with Crippen LogP contribution in [0, 0.1) is 0 Å². The Balaban J connectivity index is 0. The van der Waals surface area contributed by atoms with Gasteiger partial charge in [-0.2, -0.15) is 0 Å². The van der Waals surface area contributed by atoms with Crippen LogP contribution in [0.1, 0.15) is 90.4 Å². The summed E-state index contributed by atoms with van der Waals surface area (Å²) in [5, 5.41) is 12.6. The molecule has 5 nitrogen and oxygen atoms in total.